The minimum Gasteiger partial charge on any atom is -0.348 e. The number of hydrogen-bond acceptors (Lipinski definition) is 2. The summed E-state index contributed by atoms with van der Waals surface area (Å²) in [5.74, 6) is 2.16. The van der Waals surface area contributed by atoms with E-state index in [0.29, 0.717) is 5.54 Å². The summed E-state index contributed by atoms with van der Waals surface area (Å²) in [6.07, 6.45) is 11.1. The molecule has 3 fully saturated rings. The van der Waals surface area contributed by atoms with Gasteiger partial charge in [-0.2, -0.15) is 0 Å². The van der Waals surface area contributed by atoms with E-state index in [4.69, 9.17) is 0 Å². The van der Waals surface area contributed by atoms with Gasteiger partial charge in [-0.3, -0.25) is 4.90 Å². The molecule has 3 heteroatoms. The molecular weight excluding hydrogens is 186 g/mol. The van der Waals surface area contributed by atoms with Crippen molar-refractivity contribution in [2.45, 2.75) is 50.2 Å². The van der Waals surface area contributed by atoms with Gasteiger partial charge >= 0.3 is 0 Å². The number of nitrogens with one attached hydrogen (secondary N) is 1. The molecule has 3 aliphatic rings. The maximum absolute atomic E-state index is 4.34. The molecule has 1 aliphatic heterocycles. The van der Waals surface area contributed by atoms with E-state index in [1.54, 1.807) is 0 Å². The second-order valence-electron chi connectivity index (χ2n) is 5.34. The smallest absolute Gasteiger partial charge is 0.120 e. The van der Waals surface area contributed by atoms with Crippen LogP contribution in [0, 0.1) is 5.92 Å². The van der Waals surface area contributed by atoms with Crippen LogP contribution in [0.3, 0.4) is 0 Å². The fourth-order valence-electron chi connectivity index (χ4n) is 4.10. The van der Waals surface area contributed by atoms with Crippen LogP contribution in [0.15, 0.2) is 12.4 Å². The minimum absolute atomic E-state index is 0.644. The lowest BCUT2D eigenvalue weighted by Crippen LogP contribution is -2.42. The third-order valence-electron chi connectivity index (χ3n) is 4.93. The van der Waals surface area contributed by atoms with Gasteiger partial charge in [0.15, 0.2) is 0 Å². The SMILES string of the molecule is c1c[nH]c(CN2C3CCCC4CCC432)n1. The number of hydrogen-bond donors (Lipinski definition) is 1. The van der Waals surface area contributed by atoms with Gasteiger partial charge in [0.25, 0.3) is 0 Å². The predicted molar refractivity (Wildman–Crippen MR) is 57.2 cm³/mol. The lowest BCUT2D eigenvalue weighted by molar-refractivity contribution is 0.135. The molecule has 1 aromatic rings. The van der Waals surface area contributed by atoms with Crippen molar-refractivity contribution < 1.29 is 0 Å². The zero-order valence-corrected chi connectivity index (χ0v) is 8.95. The first-order valence-corrected chi connectivity index (χ1v) is 6.16. The topological polar surface area (TPSA) is 31.7 Å². The van der Waals surface area contributed by atoms with Gasteiger partial charge in [0.05, 0.1) is 6.54 Å². The van der Waals surface area contributed by atoms with E-state index in [1.807, 2.05) is 12.4 Å². The van der Waals surface area contributed by atoms with Crippen molar-refractivity contribution in [3.8, 4) is 0 Å². The molecule has 1 aromatic heterocycles. The Kier molecular flexibility index (Phi) is 1.47. The minimum atomic E-state index is 0.644. The fraction of sp³-hybridized carbons (Fsp3) is 0.750. The highest BCUT2D eigenvalue weighted by atomic mass is 15.4. The number of likely N-dealkylation sites (tertiary alicyclic amines) is 1. The normalized spacial score (nSPS) is 46.5. The van der Waals surface area contributed by atoms with Gasteiger partial charge in [0, 0.05) is 24.0 Å². The molecule has 0 radical (unpaired) electrons. The van der Waals surface area contributed by atoms with E-state index >= 15 is 0 Å². The second-order valence-corrected chi connectivity index (χ2v) is 5.34. The van der Waals surface area contributed by atoms with E-state index in [1.165, 1.54) is 32.1 Å². The average Bonchev–Trinajstić information content (AvgIpc) is 2.62. The van der Waals surface area contributed by atoms with Gasteiger partial charge in [-0.15, -0.1) is 0 Å². The molecule has 1 N–H and O–H groups in total. The Labute approximate surface area is 89.9 Å². The summed E-state index contributed by atoms with van der Waals surface area (Å²) in [6.45, 7) is 1.05. The summed E-state index contributed by atoms with van der Waals surface area (Å²) >= 11 is 0. The predicted octanol–water partition coefficient (Wildman–Crippen LogP) is 1.93. The molecule has 1 spiro atoms. The van der Waals surface area contributed by atoms with Crippen LogP contribution >= 0.6 is 0 Å². The maximum atomic E-state index is 4.34. The third kappa shape index (κ3) is 0.924. The monoisotopic (exact) mass is 203 g/mol. The molecule has 15 heavy (non-hydrogen) atoms. The van der Waals surface area contributed by atoms with Crippen molar-refractivity contribution in [1.29, 1.82) is 0 Å². The Hall–Kier alpha value is -0.830. The largest absolute Gasteiger partial charge is 0.348 e. The van der Waals surface area contributed by atoms with Crippen LogP contribution < -0.4 is 0 Å². The molecule has 4 rings (SSSR count). The number of H-pyrrole nitrogens is 1. The van der Waals surface area contributed by atoms with Gasteiger partial charge < -0.3 is 4.98 Å². The summed E-state index contributed by atoms with van der Waals surface area (Å²) in [5, 5.41) is 0. The Morgan fingerprint density at radius 2 is 2.47 bits per heavy atom. The Morgan fingerprint density at radius 3 is 3.13 bits per heavy atom. The van der Waals surface area contributed by atoms with Crippen molar-refractivity contribution in [1.82, 2.24) is 14.9 Å². The van der Waals surface area contributed by atoms with Crippen LogP contribution in [0.1, 0.15) is 37.9 Å². The number of imidazole rings is 1. The van der Waals surface area contributed by atoms with Crippen LogP contribution in [-0.4, -0.2) is 26.4 Å². The molecule has 80 valence electrons. The van der Waals surface area contributed by atoms with E-state index < -0.39 is 0 Å². The summed E-state index contributed by atoms with van der Waals surface area (Å²) in [7, 11) is 0. The molecule has 2 saturated carbocycles. The summed E-state index contributed by atoms with van der Waals surface area (Å²) in [4.78, 5) is 10.3. The zero-order valence-electron chi connectivity index (χ0n) is 8.95. The molecule has 0 aromatic carbocycles. The van der Waals surface area contributed by atoms with Gasteiger partial charge in [-0.05, 0) is 31.6 Å². The molecule has 3 nitrogen and oxygen atoms in total. The lowest BCUT2D eigenvalue weighted by Gasteiger charge is -2.40. The molecule has 0 bridgehead atoms. The van der Waals surface area contributed by atoms with Crippen LogP contribution in [-0.2, 0) is 6.54 Å². The van der Waals surface area contributed by atoms with Crippen molar-refractivity contribution in [2.24, 2.45) is 5.92 Å². The average molecular weight is 203 g/mol. The first-order chi connectivity index (χ1) is 7.41. The summed E-state index contributed by atoms with van der Waals surface area (Å²) < 4.78 is 0. The lowest BCUT2D eigenvalue weighted by atomic mass is 9.65. The van der Waals surface area contributed by atoms with E-state index in [2.05, 4.69) is 14.9 Å². The van der Waals surface area contributed by atoms with Crippen LogP contribution in [0.4, 0.5) is 0 Å². The molecule has 0 amide bonds. The first kappa shape index (κ1) is 8.34. The molecular formula is C12H17N3. The highest BCUT2D eigenvalue weighted by molar-refractivity contribution is 5.26. The quantitative estimate of drug-likeness (QED) is 0.745. The van der Waals surface area contributed by atoms with Crippen molar-refractivity contribution >= 4 is 0 Å². The second kappa shape index (κ2) is 2.64. The summed E-state index contributed by atoms with van der Waals surface area (Å²) in [5.41, 5.74) is 0.644. The fourth-order valence-corrected chi connectivity index (χ4v) is 4.10. The Morgan fingerprint density at radius 1 is 1.47 bits per heavy atom. The third-order valence-corrected chi connectivity index (χ3v) is 4.93. The van der Waals surface area contributed by atoms with Gasteiger partial charge in [0.2, 0.25) is 0 Å². The number of rotatable bonds is 2. The van der Waals surface area contributed by atoms with E-state index in [0.717, 1.165) is 24.3 Å². The van der Waals surface area contributed by atoms with Crippen LogP contribution in [0.25, 0.3) is 0 Å². The zero-order chi connectivity index (χ0) is 9.88. The standard InChI is InChI=1S/C12H17N3/c1-2-9-4-5-12(9)10(3-1)15(12)8-11-13-6-7-14-11/h6-7,9-10H,1-5,8H2,(H,13,14). The first-order valence-electron chi connectivity index (χ1n) is 6.16. The van der Waals surface area contributed by atoms with Crippen LogP contribution in [0.2, 0.25) is 0 Å². The number of nitrogens with zero attached hydrogens (tertiary/aromatic N) is 2. The molecule has 1 saturated heterocycles. The van der Waals surface area contributed by atoms with Gasteiger partial charge in [0.1, 0.15) is 5.82 Å². The van der Waals surface area contributed by atoms with Crippen molar-refractivity contribution in [2.75, 3.05) is 0 Å². The molecule has 4 atom stereocenters. The van der Waals surface area contributed by atoms with Crippen molar-refractivity contribution in [3.05, 3.63) is 18.2 Å². The Balaban J connectivity index is 1.56. The van der Waals surface area contributed by atoms with Crippen molar-refractivity contribution in [3.63, 3.8) is 0 Å². The number of aromatic amines is 1. The maximum Gasteiger partial charge on any atom is 0.120 e. The van der Waals surface area contributed by atoms with E-state index in [9.17, 15) is 0 Å². The molecule has 2 heterocycles. The van der Waals surface area contributed by atoms with E-state index in [-0.39, 0.29) is 0 Å². The number of aromatic nitrogens is 2. The summed E-state index contributed by atoms with van der Waals surface area (Å²) in [6, 6.07) is 0.898. The molecule has 2 aliphatic carbocycles. The highest BCUT2D eigenvalue weighted by Crippen LogP contribution is 2.64. The molecule has 4 unspecified atom stereocenters. The van der Waals surface area contributed by atoms with Gasteiger partial charge in [-0.1, -0.05) is 6.42 Å². The van der Waals surface area contributed by atoms with Gasteiger partial charge in [-0.25, -0.2) is 4.98 Å². The highest BCUT2D eigenvalue weighted by Gasteiger charge is 2.70. The van der Waals surface area contributed by atoms with Crippen LogP contribution in [0.5, 0.6) is 0 Å². The Bertz CT molecular complexity index is 372.